The standard InChI is InChI=1S/C28H46N4O3/c1-8-20(4)13-25(18-30(7)17-23-11-12-29-15-23)24-9-10-26-27(14-24)31(28(34)35-19(2)3)16-21(5)32(26)22(6)33/h9-10,14,19-21,23,25,29H,8,11-13,15-18H2,1-7H3/t20?,21-,23+,25?/m0/s1. The Bertz CT molecular complexity index is 868. The minimum Gasteiger partial charge on any atom is -0.446 e. The highest BCUT2D eigenvalue weighted by atomic mass is 16.6. The fourth-order valence-corrected chi connectivity index (χ4v) is 5.54. The van der Waals surface area contributed by atoms with Crippen molar-refractivity contribution >= 4 is 23.4 Å². The second kappa shape index (κ2) is 12.2. The Balaban J connectivity index is 1.94. The van der Waals surface area contributed by atoms with Gasteiger partial charge >= 0.3 is 6.09 Å². The van der Waals surface area contributed by atoms with Crippen LogP contribution in [-0.2, 0) is 9.53 Å². The molecule has 196 valence electrons. The van der Waals surface area contributed by atoms with Gasteiger partial charge in [0.2, 0.25) is 5.91 Å². The van der Waals surface area contributed by atoms with E-state index in [1.54, 1.807) is 16.7 Å². The van der Waals surface area contributed by atoms with Gasteiger partial charge in [-0.25, -0.2) is 4.79 Å². The summed E-state index contributed by atoms with van der Waals surface area (Å²) in [5.41, 5.74) is 2.78. The van der Waals surface area contributed by atoms with Gasteiger partial charge in [0, 0.05) is 26.6 Å². The first kappa shape index (κ1) is 27.5. The number of nitrogens with zero attached hydrogens (tertiary/aromatic N) is 3. The molecule has 2 amide bonds. The molecule has 1 saturated heterocycles. The smallest absolute Gasteiger partial charge is 0.414 e. The number of amides is 2. The average Bonchev–Trinajstić information content (AvgIpc) is 3.29. The zero-order valence-electron chi connectivity index (χ0n) is 22.8. The number of hydrogen-bond donors (Lipinski definition) is 1. The van der Waals surface area contributed by atoms with E-state index < -0.39 is 0 Å². The van der Waals surface area contributed by atoms with Crippen molar-refractivity contribution in [3.8, 4) is 0 Å². The van der Waals surface area contributed by atoms with Gasteiger partial charge in [-0.3, -0.25) is 9.69 Å². The zero-order valence-corrected chi connectivity index (χ0v) is 22.8. The fraction of sp³-hybridized carbons (Fsp3) is 0.714. The lowest BCUT2D eigenvalue weighted by molar-refractivity contribution is -0.117. The van der Waals surface area contributed by atoms with Crippen LogP contribution in [0.2, 0.25) is 0 Å². The van der Waals surface area contributed by atoms with E-state index in [1.807, 2.05) is 26.8 Å². The van der Waals surface area contributed by atoms with Crippen LogP contribution < -0.4 is 15.1 Å². The molecule has 7 nitrogen and oxygen atoms in total. The van der Waals surface area contributed by atoms with E-state index in [2.05, 4.69) is 43.2 Å². The van der Waals surface area contributed by atoms with E-state index in [0.717, 1.165) is 50.4 Å². The fourth-order valence-electron chi connectivity index (χ4n) is 5.54. The minimum atomic E-state index is -0.349. The Labute approximate surface area is 212 Å². The van der Waals surface area contributed by atoms with Gasteiger partial charge in [-0.05, 0) is 89.2 Å². The largest absolute Gasteiger partial charge is 0.446 e. The topological polar surface area (TPSA) is 65.1 Å². The predicted molar refractivity (Wildman–Crippen MR) is 143 cm³/mol. The van der Waals surface area contributed by atoms with Gasteiger partial charge in [0.25, 0.3) is 0 Å². The molecule has 2 aliphatic heterocycles. The van der Waals surface area contributed by atoms with Crippen molar-refractivity contribution in [2.45, 2.75) is 78.9 Å². The molecule has 0 spiro atoms. The maximum Gasteiger partial charge on any atom is 0.414 e. The number of carbonyl (C=O) groups is 2. The SMILES string of the molecule is CCC(C)CC(CN(C)C[C@@H]1CCNC1)c1ccc2c(c1)N(C(=O)OC(C)C)C[C@H](C)N2C(C)=O. The number of hydrogen-bond acceptors (Lipinski definition) is 5. The number of ether oxygens (including phenoxy) is 1. The third kappa shape index (κ3) is 6.98. The van der Waals surface area contributed by atoms with Crippen LogP contribution in [0.3, 0.4) is 0 Å². The van der Waals surface area contributed by atoms with Crippen LogP contribution >= 0.6 is 0 Å². The highest BCUT2D eigenvalue weighted by Gasteiger charge is 2.35. The lowest BCUT2D eigenvalue weighted by atomic mass is 9.87. The van der Waals surface area contributed by atoms with Crippen LogP contribution in [0.1, 0.15) is 72.3 Å². The van der Waals surface area contributed by atoms with Crippen molar-refractivity contribution in [3.05, 3.63) is 23.8 Å². The summed E-state index contributed by atoms with van der Waals surface area (Å²) in [5.74, 6) is 1.65. The van der Waals surface area contributed by atoms with E-state index in [-0.39, 0.29) is 24.1 Å². The van der Waals surface area contributed by atoms with E-state index in [4.69, 9.17) is 4.74 Å². The van der Waals surface area contributed by atoms with Crippen LogP contribution in [0.5, 0.6) is 0 Å². The normalized spacial score (nSPS) is 21.9. The zero-order chi connectivity index (χ0) is 25.7. The first-order valence-corrected chi connectivity index (χ1v) is 13.4. The summed E-state index contributed by atoms with van der Waals surface area (Å²) in [7, 11) is 2.23. The lowest BCUT2D eigenvalue weighted by Gasteiger charge is -2.41. The van der Waals surface area contributed by atoms with Crippen molar-refractivity contribution in [3.63, 3.8) is 0 Å². The molecule has 0 radical (unpaired) electrons. The van der Waals surface area contributed by atoms with Gasteiger partial charge in [-0.2, -0.15) is 0 Å². The first-order chi connectivity index (χ1) is 16.6. The van der Waals surface area contributed by atoms with Crippen molar-refractivity contribution < 1.29 is 14.3 Å². The highest BCUT2D eigenvalue weighted by molar-refractivity contribution is 6.02. The molecule has 2 aliphatic rings. The monoisotopic (exact) mass is 486 g/mol. The van der Waals surface area contributed by atoms with Gasteiger partial charge in [0.15, 0.2) is 0 Å². The predicted octanol–water partition coefficient (Wildman–Crippen LogP) is 4.85. The number of anilines is 2. The van der Waals surface area contributed by atoms with Crippen molar-refractivity contribution in [2.75, 3.05) is 49.6 Å². The van der Waals surface area contributed by atoms with Crippen molar-refractivity contribution in [1.29, 1.82) is 0 Å². The molecule has 7 heteroatoms. The molecular formula is C28H46N4O3. The summed E-state index contributed by atoms with van der Waals surface area (Å²) in [6.07, 6.45) is 2.92. The Morgan fingerprint density at radius 2 is 1.97 bits per heavy atom. The second-order valence-electron chi connectivity index (χ2n) is 11.1. The van der Waals surface area contributed by atoms with Crippen LogP contribution in [-0.4, -0.2) is 68.8 Å². The molecule has 1 fully saturated rings. The number of benzene rings is 1. The lowest BCUT2D eigenvalue weighted by Crippen LogP contribution is -2.51. The Morgan fingerprint density at radius 1 is 1.23 bits per heavy atom. The van der Waals surface area contributed by atoms with Gasteiger partial charge in [-0.15, -0.1) is 0 Å². The Morgan fingerprint density at radius 3 is 2.57 bits per heavy atom. The number of likely N-dealkylation sites (N-methyl/N-ethyl adjacent to an activating group) is 1. The summed E-state index contributed by atoms with van der Waals surface area (Å²) in [6, 6.07) is 6.21. The molecule has 1 aromatic rings. The highest BCUT2D eigenvalue weighted by Crippen LogP contribution is 2.39. The summed E-state index contributed by atoms with van der Waals surface area (Å²) >= 11 is 0. The molecule has 0 saturated carbocycles. The molecule has 0 aliphatic carbocycles. The molecule has 0 aromatic heterocycles. The molecule has 4 atom stereocenters. The van der Waals surface area contributed by atoms with E-state index >= 15 is 0 Å². The van der Waals surface area contributed by atoms with Crippen LogP contribution in [0.15, 0.2) is 18.2 Å². The van der Waals surface area contributed by atoms with Crippen molar-refractivity contribution in [2.24, 2.45) is 11.8 Å². The number of nitrogens with one attached hydrogen (secondary N) is 1. The molecule has 1 aromatic carbocycles. The Kier molecular flexibility index (Phi) is 9.59. The number of fused-ring (bicyclic) bond motifs is 1. The van der Waals surface area contributed by atoms with Gasteiger partial charge in [-0.1, -0.05) is 26.3 Å². The summed E-state index contributed by atoms with van der Waals surface area (Å²) in [4.78, 5) is 31.6. The third-order valence-electron chi connectivity index (χ3n) is 7.45. The number of carbonyl (C=O) groups excluding carboxylic acids is 2. The molecule has 35 heavy (non-hydrogen) atoms. The quantitative estimate of drug-likeness (QED) is 0.540. The Hall–Kier alpha value is -2.12. The van der Waals surface area contributed by atoms with Gasteiger partial charge in [0.05, 0.1) is 23.5 Å². The molecule has 2 heterocycles. The molecule has 0 bridgehead atoms. The van der Waals surface area contributed by atoms with Crippen LogP contribution in [0.25, 0.3) is 0 Å². The van der Waals surface area contributed by atoms with E-state index in [1.165, 1.54) is 12.0 Å². The van der Waals surface area contributed by atoms with Crippen LogP contribution in [0, 0.1) is 11.8 Å². The maximum atomic E-state index is 13.1. The van der Waals surface area contributed by atoms with Gasteiger partial charge in [0.1, 0.15) is 0 Å². The summed E-state index contributed by atoms with van der Waals surface area (Å²) < 4.78 is 5.58. The average molecular weight is 487 g/mol. The molecule has 1 N–H and O–H groups in total. The van der Waals surface area contributed by atoms with Gasteiger partial charge < -0.3 is 19.9 Å². The molecule has 2 unspecified atom stereocenters. The first-order valence-electron chi connectivity index (χ1n) is 13.4. The molecular weight excluding hydrogens is 440 g/mol. The molecule has 3 rings (SSSR count). The van der Waals surface area contributed by atoms with Crippen LogP contribution in [0.4, 0.5) is 16.2 Å². The third-order valence-corrected chi connectivity index (χ3v) is 7.45. The second-order valence-corrected chi connectivity index (χ2v) is 11.1. The van der Waals surface area contributed by atoms with Crippen molar-refractivity contribution in [1.82, 2.24) is 10.2 Å². The summed E-state index contributed by atoms with van der Waals surface area (Å²) in [6.45, 7) is 16.6. The van der Waals surface area contributed by atoms with E-state index in [0.29, 0.717) is 24.3 Å². The minimum absolute atomic E-state index is 0.00978. The van der Waals surface area contributed by atoms with E-state index in [9.17, 15) is 9.59 Å². The summed E-state index contributed by atoms with van der Waals surface area (Å²) in [5, 5.41) is 3.48. The number of rotatable bonds is 9. The maximum absolute atomic E-state index is 13.1.